The summed E-state index contributed by atoms with van der Waals surface area (Å²) < 4.78 is 40.4. The highest BCUT2D eigenvalue weighted by Gasteiger charge is 2.31. The van der Waals surface area contributed by atoms with Crippen LogP contribution in [0.3, 0.4) is 0 Å². The zero-order chi connectivity index (χ0) is 14.9. The van der Waals surface area contributed by atoms with E-state index in [0.717, 1.165) is 11.6 Å². The zero-order valence-electron chi connectivity index (χ0n) is 10.3. The van der Waals surface area contributed by atoms with Crippen molar-refractivity contribution >= 4 is 11.6 Å². The topological polar surface area (TPSA) is 29.5 Å². The lowest BCUT2D eigenvalue weighted by Gasteiger charge is -2.11. The summed E-state index contributed by atoms with van der Waals surface area (Å²) in [5.41, 5.74) is 1.82. The van der Waals surface area contributed by atoms with Gasteiger partial charge < -0.3 is 9.84 Å². The first-order valence-corrected chi connectivity index (χ1v) is 5.99. The van der Waals surface area contributed by atoms with Crippen LogP contribution < -0.4 is 4.74 Å². The summed E-state index contributed by atoms with van der Waals surface area (Å²) in [6.45, 7) is 1.78. The van der Waals surface area contributed by atoms with E-state index >= 15 is 0 Å². The van der Waals surface area contributed by atoms with Crippen molar-refractivity contribution in [3.05, 3.63) is 47.0 Å². The van der Waals surface area contributed by atoms with Crippen LogP contribution in [0.1, 0.15) is 5.56 Å². The van der Waals surface area contributed by atoms with Gasteiger partial charge in [-0.1, -0.05) is 17.7 Å². The molecule has 0 bridgehead atoms. The van der Waals surface area contributed by atoms with Crippen LogP contribution in [0.15, 0.2) is 36.4 Å². The van der Waals surface area contributed by atoms with Crippen molar-refractivity contribution in [2.75, 3.05) is 0 Å². The highest BCUT2D eigenvalue weighted by Crippen LogP contribution is 2.33. The normalized spacial score (nSPS) is 11.4. The van der Waals surface area contributed by atoms with Crippen LogP contribution in [0.4, 0.5) is 13.2 Å². The number of rotatable bonds is 2. The lowest BCUT2D eigenvalue weighted by molar-refractivity contribution is -0.274. The molecule has 0 aliphatic carbocycles. The van der Waals surface area contributed by atoms with Crippen LogP contribution in [0, 0.1) is 6.92 Å². The molecule has 0 heterocycles. The number of aromatic hydroxyl groups is 1. The lowest BCUT2D eigenvalue weighted by Crippen LogP contribution is -2.17. The number of halogens is 4. The predicted octanol–water partition coefficient (Wildman–Crippen LogP) is 4.92. The molecular formula is C14H10ClF3O2. The lowest BCUT2D eigenvalue weighted by atomic mass is 10.0. The first-order chi connectivity index (χ1) is 9.24. The highest BCUT2D eigenvalue weighted by molar-refractivity contribution is 6.31. The average Bonchev–Trinajstić information content (AvgIpc) is 2.29. The minimum Gasteiger partial charge on any atom is -0.508 e. The number of phenolic OH excluding ortho intramolecular Hbond substituents is 1. The summed E-state index contributed by atoms with van der Waals surface area (Å²) in [5.74, 6) is -0.783. The van der Waals surface area contributed by atoms with Crippen molar-refractivity contribution in [2.45, 2.75) is 13.3 Å². The molecule has 0 aliphatic heterocycles. The standard InChI is InChI=1S/C14H10ClF3O2/c1-8-4-9(2-3-13(8)15)10-5-11(19)7-12(6-10)20-14(16,17)18/h2-7,19H,1H3. The molecule has 106 valence electrons. The summed E-state index contributed by atoms with van der Waals surface area (Å²) in [4.78, 5) is 0. The van der Waals surface area contributed by atoms with E-state index in [1.165, 1.54) is 12.1 Å². The predicted molar refractivity (Wildman–Crippen MR) is 70.0 cm³/mol. The fourth-order valence-electron chi connectivity index (χ4n) is 1.77. The number of hydrogen-bond acceptors (Lipinski definition) is 2. The number of aryl methyl sites for hydroxylation is 1. The van der Waals surface area contributed by atoms with Gasteiger partial charge >= 0.3 is 6.36 Å². The SMILES string of the molecule is Cc1cc(-c2cc(O)cc(OC(F)(F)F)c2)ccc1Cl. The molecule has 0 aliphatic rings. The van der Waals surface area contributed by atoms with Crippen molar-refractivity contribution in [1.82, 2.24) is 0 Å². The van der Waals surface area contributed by atoms with Gasteiger partial charge in [0.2, 0.25) is 0 Å². The summed E-state index contributed by atoms with van der Waals surface area (Å²) >= 11 is 5.89. The van der Waals surface area contributed by atoms with Gasteiger partial charge in [-0.05, 0) is 47.9 Å². The fraction of sp³-hybridized carbons (Fsp3) is 0.143. The minimum absolute atomic E-state index is 0.311. The van der Waals surface area contributed by atoms with E-state index in [1.807, 2.05) is 0 Å². The largest absolute Gasteiger partial charge is 0.573 e. The summed E-state index contributed by atoms with van der Waals surface area (Å²) in [6.07, 6.45) is -4.80. The fourth-order valence-corrected chi connectivity index (χ4v) is 1.88. The Morgan fingerprint density at radius 3 is 2.35 bits per heavy atom. The van der Waals surface area contributed by atoms with Gasteiger partial charge in [-0.2, -0.15) is 0 Å². The van der Waals surface area contributed by atoms with Gasteiger partial charge in [0.05, 0.1) is 0 Å². The maximum absolute atomic E-state index is 12.2. The van der Waals surface area contributed by atoms with E-state index in [-0.39, 0.29) is 5.75 Å². The van der Waals surface area contributed by atoms with Crippen LogP contribution in [-0.4, -0.2) is 11.5 Å². The Balaban J connectivity index is 2.43. The Morgan fingerprint density at radius 1 is 1.05 bits per heavy atom. The molecule has 0 saturated heterocycles. The molecular weight excluding hydrogens is 293 g/mol. The van der Waals surface area contributed by atoms with E-state index in [2.05, 4.69) is 4.74 Å². The summed E-state index contributed by atoms with van der Waals surface area (Å²) in [7, 11) is 0. The second-order valence-electron chi connectivity index (χ2n) is 4.23. The zero-order valence-corrected chi connectivity index (χ0v) is 11.1. The second kappa shape index (κ2) is 5.25. The van der Waals surface area contributed by atoms with Gasteiger partial charge in [0.1, 0.15) is 11.5 Å². The Morgan fingerprint density at radius 2 is 1.75 bits per heavy atom. The number of benzene rings is 2. The van der Waals surface area contributed by atoms with Crippen LogP contribution in [0.2, 0.25) is 5.02 Å². The van der Waals surface area contributed by atoms with Gasteiger partial charge in [0, 0.05) is 11.1 Å². The third-order valence-electron chi connectivity index (χ3n) is 2.62. The highest BCUT2D eigenvalue weighted by atomic mass is 35.5. The van der Waals surface area contributed by atoms with Crippen molar-refractivity contribution in [1.29, 1.82) is 0 Å². The van der Waals surface area contributed by atoms with Crippen LogP contribution in [-0.2, 0) is 0 Å². The number of ether oxygens (including phenoxy) is 1. The van der Waals surface area contributed by atoms with Crippen LogP contribution in [0.5, 0.6) is 11.5 Å². The first kappa shape index (κ1) is 14.5. The number of alkyl halides is 3. The minimum atomic E-state index is -4.80. The van der Waals surface area contributed by atoms with Gasteiger partial charge in [-0.25, -0.2) is 0 Å². The van der Waals surface area contributed by atoms with E-state index in [1.54, 1.807) is 25.1 Å². The van der Waals surface area contributed by atoms with E-state index in [0.29, 0.717) is 16.1 Å². The van der Waals surface area contributed by atoms with E-state index < -0.39 is 12.1 Å². The molecule has 0 radical (unpaired) electrons. The Kier molecular flexibility index (Phi) is 3.81. The molecule has 0 saturated carbocycles. The second-order valence-corrected chi connectivity index (χ2v) is 4.63. The molecule has 0 fully saturated rings. The molecule has 0 amide bonds. The van der Waals surface area contributed by atoms with Gasteiger partial charge in [-0.15, -0.1) is 13.2 Å². The summed E-state index contributed by atoms with van der Waals surface area (Å²) in [6, 6.07) is 8.47. The Labute approximate surface area is 118 Å². The monoisotopic (exact) mass is 302 g/mol. The maximum atomic E-state index is 12.2. The smallest absolute Gasteiger partial charge is 0.508 e. The van der Waals surface area contributed by atoms with Gasteiger partial charge in [0.25, 0.3) is 0 Å². The molecule has 6 heteroatoms. The molecule has 20 heavy (non-hydrogen) atoms. The van der Waals surface area contributed by atoms with E-state index in [4.69, 9.17) is 11.6 Å². The van der Waals surface area contributed by atoms with Gasteiger partial charge in [0.15, 0.2) is 0 Å². The van der Waals surface area contributed by atoms with Crippen molar-refractivity contribution in [3.8, 4) is 22.6 Å². The van der Waals surface area contributed by atoms with E-state index in [9.17, 15) is 18.3 Å². The summed E-state index contributed by atoms with van der Waals surface area (Å²) in [5, 5.41) is 10.1. The number of hydrogen-bond donors (Lipinski definition) is 1. The van der Waals surface area contributed by atoms with Gasteiger partial charge in [-0.3, -0.25) is 0 Å². The average molecular weight is 303 g/mol. The van der Waals surface area contributed by atoms with Crippen LogP contribution in [0.25, 0.3) is 11.1 Å². The molecule has 0 atom stereocenters. The molecule has 2 nitrogen and oxygen atoms in total. The number of phenols is 1. The van der Waals surface area contributed by atoms with Crippen molar-refractivity contribution in [2.24, 2.45) is 0 Å². The quantitative estimate of drug-likeness (QED) is 0.853. The molecule has 2 rings (SSSR count). The molecule has 0 spiro atoms. The van der Waals surface area contributed by atoms with Crippen molar-refractivity contribution in [3.63, 3.8) is 0 Å². The first-order valence-electron chi connectivity index (χ1n) is 5.61. The van der Waals surface area contributed by atoms with Crippen LogP contribution >= 0.6 is 11.6 Å². The Hall–Kier alpha value is -1.88. The Bertz CT molecular complexity index is 639. The maximum Gasteiger partial charge on any atom is 0.573 e. The molecule has 0 unspecified atom stereocenters. The molecule has 2 aromatic rings. The molecule has 1 N–H and O–H groups in total. The van der Waals surface area contributed by atoms with Crippen molar-refractivity contribution < 1.29 is 23.0 Å². The third kappa shape index (κ3) is 3.57. The third-order valence-corrected chi connectivity index (χ3v) is 3.04. The molecule has 2 aromatic carbocycles. The molecule has 0 aromatic heterocycles.